The maximum atomic E-state index is 12.6. The first-order valence-electron chi connectivity index (χ1n) is 8.67. The average molecular weight is 403 g/mol. The summed E-state index contributed by atoms with van der Waals surface area (Å²) in [6.45, 7) is 3.38. The van der Waals surface area contributed by atoms with Crippen LogP contribution in [0.1, 0.15) is 31.0 Å². The van der Waals surface area contributed by atoms with Crippen LogP contribution >= 0.6 is 12.4 Å². The average Bonchev–Trinajstić information content (AvgIpc) is 2.94. The van der Waals surface area contributed by atoms with Gasteiger partial charge in [0.05, 0.1) is 5.92 Å². The van der Waals surface area contributed by atoms with E-state index in [9.17, 15) is 14.4 Å². The molecule has 0 aliphatic carbocycles. The summed E-state index contributed by atoms with van der Waals surface area (Å²) in [5.74, 6) is -1.12. The zero-order valence-corrected chi connectivity index (χ0v) is 16.4. The van der Waals surface area contributed by atoms with Gasteiger partial charge in [0.2, 0.25) is 5.91 Å². The van der Waals surface area contributed by atoms with Gasteiger partial charge in [-0.05, 0) is 30.2 Å². The van der Waals surface area contributed by atoms with Gasteiger partial charge in [0.15, 0.2) is 0 Å². The highest BCUT2D eigenvalue weighted by Crippen LogP contribution is 2.27. The summed E-state index contributed by atoms with van der Waals surface area (Å²) in [7, 11) is 0. The van der Waals surface area contributed by atoms with E-state index < -0.39 is 29.4 Å². The third-order valence-electron chi connectivity index (χ3n) is 4.89. The van der Waals surface area contributed by atoms with Gasteiger partial charge in [-0.1, -0.05) is 49.4 Å². The number of benzene rings is 2. The number of nitrogens with one attached hydrogen (secondary N) is 3. The zero-order valence-electron chi connectivity index (χ0n) is 15.6. The molecule has 3 atom stereocenters. The number of halogens is 1. The highest BCUT2D eigenvalue weighted by Gasteiger charge is 2.43. The van der Waals surface area contributed by atoms with Gasteiger partial charge in [-0.25, -0.2) is 4.79 Å². The molecule has 7 nitrogen and oxygen atoms in total. The third kappa shape index (κ3) is 4.16. The number of rotatable bonds is 5. The van der Waals surface area contributed by atoms with E-state index in [0.29, 0.717) is 11.3 Å². The second kappa shape index (κ2) is 8.41. The predicted octanol–water partition coefficient (Wildman–Crippen LogP) is 2.44. The largest absolute Gasteiger partial charge is 0.326 e. The first-order chi connectivity index (χ1) is 12.8. The van der Waals surface area contributed by atoms with Crippen molar-refractivity contribution >= 4 is 35.9 Å². The summed E-state index contributed by atoms with van der Waals surface area (Å²) in [5, 5.41) is 7.67. The van der Waals surface area contributed by atoms with E-state index in [1.54, 1.807) is 38.1 Å². The lowest BCUT2D eigenvalue weighted by molar-refractivity contribution is -0.123. The molecule has 148 valence electrons. The van der Waals surface area contributed by atoms with E-state index in [1.165, 1.54) is 0 Å². The molecule has 0 spiro atoms. The molecular formula is C20H23ClN4O3. The Bertz CT molecular complexity index is 890. The second-order valence-electron chi connectivity index (χ2n) is 6.83. The molecule has 1 saturated heterocycles. The van der Waals surface area contributed by atoms with E-state index >= 15 is 0 Å². The monoisotopic (exact) mass is 402 g/mol. The Morgan fingerprint density at radius 2 is 1.79 bits per heavy atom. The molecule has 1 aliphatic heterocycles. The van der Waals surface area contributed by atoms with Crippen molar-refractivity contribution in [2.75, 3.05) is 5.32 Å². The Morgan fingerprint density at radius 1 is 1.11 bits per heavy atom. The summed E-state index contributed by atoms with van der Waals surface area (Å²) < 4.78 is 0. The summed E-state index contributed by atoms with van der Waals surface area (Å²) in [4.78, 5) is 36.2. The van der Waals surface area contributed by atoms with Crippen molar-refractivity contribution in [3.8, 4) is 0 Å². The summed E-state index contributed by atoms with van der Waals surface area (Å²) in [6.07, 6.45) is 0. The minimum absolute atomic E-state index is 0. The topological polar surface area (TPSA) is 113 Å². The molecule has 3 unspecified atom stereocenters. The highest BCUT2D eigenvalue weighted by molar-refractivity contribution is 6.07. The number of carbonyl (C=O) groups is 3. The lowest BCUT2D eigenvalue weighted by Crippen LogP contribution is -2.40. The SMILES string of the molecule is CC(C(=O)Nc1cccc(C2(C)NC(=O)NC2=O)c1)C(N)c1ccccc1.Cl. The smallest absolute Gasteiger partial charge is 0.322 e. The number of carbonyl (C=O) groups excluding carboxylic acids is 3. The number of imide groups is 1. The van der Waals surface area contributed by atoms with Crippen molar-refractivity contribution in [1.82, 2.24) is 10.6 Å². The van der Waals surface area contributed by atoms with E-state index in [0.717, 1.165) is 5.56 Å². The molecule has 4 amide bonds. The molecule has 1 heterocycles. The van der Waals surface area contributed by atoms with Crippen LogP contribution in [0.25, 0.3) is 0 Å². The van der Waals surface area contributed by atoms with Crippen molar-refractivity contribution in [3.63, 3.8) is 0 Å². The summed E-state index contributed by atoms with van der Waals surface area (Å²) in [5.41, 5.74) is 7.02. The maximum absolute atomic E-state index is 12.6. The van der Waals surface area contributed by atoms with Crippen molar-refractivity contribution in [2.45, 2.75) is 25.4 Å². The van der Waals surface area contributed by atoms with Gasteiger partial charge >= 0.3 is 6.03 Å². The van der Waals surface area contributed by atoms with Crippen LogP contribution in [0.15, 0.2) is 54.6 Å². The van der Waals surface area contributed by atoms with Crippen molar-refractivity contribution in [3.05, 3.63) is 65.7 Å². The number of hydrogen-bond acceptors (Lipinski definition) is 4. The van der Waals surface area contributed by atoms with Gasteiger partial charge in [0.1, 0.15) is 5.54 Å². The molecule has 1 aliphatic rings. The van der Waals surface area contributed by atoms with Crippen LogP contribution in [-0.4, -0.2) is 17.8 Å². The van der Waals surface area contributed by atoms with Crippen molar-refractivity contribution in [1.29, 1.82) is 0 Å². The van der Waals surface area contributed by atoms with Crippen molar-refractivity contribution in [2.24, 2.45) is 11.7 Å². The highest BCUT2D eigenvalue weighted by atomic mass is 35.5. The second-order valence-corrected chi connectivity index (χ2v) is 6.83. The molecule has 0 radical (unpaired) electrons. The van der Waals surface area contributed by atoms with Crippen LogP contribution in [-0.2, 0) is 15.1 Å². The molecule has 2 aromatic carbocycles. The Hall–Kier alpha value is -2.90. The van der Waals surface area contributed by atoms with Gasteiger partial charge in [0, 0.05) is 11.7 Å². The van der Waals surface area contributed by atoms with Gasteiger partial charge in [-0.15, -0.1) is 12.4 Å². The first kappa shape index (κ1) is 21.4. The third-order valence-corrected chi connectivity index (χ3v) is 4.89. The van der Waals surface area contributed by atoms with E-state index in [-0.39, 0.29) is 18.3 Å². The van der Waals surface area contributed by atoms with Gasteiger partial charge in [0.25, 0.3) is 5.91 Å². The molecule has 1 fully saturated rings. The van der Waals surface area contributed by atoms with Crippen LogP contribution < -0.4 is 21.7 Å². The standard InChI is InChI=1S/C20H22N4O3.ClH/c1-12(16(21)13-7-4-3-5-8-13)17(25)22-15-10-6-9-14(11-15)20(2)18(26)23-19(27)24-20;/h3-12,16H,21H2,1-2H3,(H,22,25)(H2,23,24,26,27);1H. The minimum Gasteiger partial charge on any atom is -0.326 e. The molecule has 3 rings (SSSR count). The van der Waals surface area contributed by atoms with Crippen LogP contribution in [0.3, 0.4) is 0 Å². The van der Waals surface area contributed by atoms with Gasteiger partial charge in [-0.2, -0.15) is 0 Å². The van der Waals surface area contributed by atoms with Crippen LogP contribution in [0.2, 0.25) is 0 Å². The lowest BCUT2D eigenvalue weighted by atomic mass is 9.91. The van der Waals surface area contributed by atoms with Crippen LogP contribution in [0.5, 0.6) is 0 Å². The number of hydrogen-bond donors (Lipinski definition) is 4. The Balaban J connectivity index is 0.00000280. The zero-order chi connectivity index (χ0) is 19.6. The predicted molar refractivity (Wildman–Crippen MR) is 109 cm³/mol. The number of amides is 4. The molecule has 28 heavy (non-hydrogen) atoms. The van der Waals surface area contributed by atoms with E-state index in [4.69, 9.17) is 5.73 Å². The minimum atomic E-state index is -1.18. The molecule has 2 aromatic rings. The fourth-order valence-corrected chi connectivity index (χ4v) is 3.04. The Labute approximate surface area is 169 Å². The number of anilines is 1. The van der Waals surface area contributed by atoms with Crippen LogP contribution in [0, 0.1) is 5.92 Å². The Kier molecular flexibility index (Phi) is 6.43. The lowest BCUT2D eigenvalue weighted by Gasteiger charge is -2.23. The quantitative estimate of drug-likeness (QED) is 0.575. The van der Waals surface area contributed by atoms with Gasteiger partial charge < -0.3 is 16.4 Å². The van der Waals surface area contributed by atoms with Crippen LogP contribution in [0.4, 0.5) is 10.5 Å². The normalized spacial score (nSPS) is 20.4. The molecule has 0 aromatic heterocycles. The number of nitrogens with two attached hydrogens (primary N) is 1. The first-order valence-corrected chi connectivity index (χ1v) is 8.67. The van der Waals surface area contributed by atoms with Gasteiger partial charge in [-0.3, -0.25) is 14.9 Å². The molecule has 0 bridgehead atoms. The molecule has 8 heteroatoms. The van der Waals surface area contributed by atoms with E-state index in [1.807, 2.05) is 30.3 Å². The fourth-order valence-electron chi connectivity index (χ4n) is 3.04. The summed E-state index contributed by atoms with van der Waals surface area (Å²) in [6, 6.07) is 15.3. The Morgan fingerprint density at radius 3 is 2.39 bits per heavy atom. The molecule has 0 saturated carbocycles. The summed E-state index contributed by atoms with van der Waals surface area (Å²) >= 11 is 0. The van der Waals surface area contributed by atoms with Crippen molar-refractivity contribution < 1.29 is 14.4 Å². The molecular weight excluding hydrogens is 380 g/mol. The fraction of sp³-hybridized carbons (Fsp3) is 0.250. The van der Waals surface area contributed by atoms with E-state index in [2.05, 4.69) is 16.0 Å². The molecule has 5 N–H and O–H groups in total. The maximum Gasteiger partial charge on any atom is 0.322 e. The number of urea groups is 1.